The predicted octanol–water partition coefficient (Wildman–Crippen LogP) is 5.41. The second-order valence-corrected chi connectivity index (χ2v) is 7.25. The van der Waals surface area contributed by atoms with E-state index >= 15 is 0 Å². The van der Waals surface area contributed by atoms with Gasteiger partial charge in [-0.1, -0.05) is 72.8 Å². The van der Waals surface area contributed by atoms with E-state index in [9.17, 15) is 9.90 Å². The Bertz CT molecular complexity index is 1070. The van der Waals surface area contributed by atoms with Gasteiger partial charge in [0.15, 0.2) is 5.78 Å². The molecule has 3 nitrogen and oxygen atoms in total. The molecule has 0 aromatic heterocycles. The molecule has 3 aromatic carbocycles. The zero-order valence-corrected chi connectivity index (χ0v) is 15.9. The van der Waals surface area contributed by atoms with Gasteiger partial charge in [0.1, 0.15) is 5.76 Å². The molecule has 0 saturated heterocycles. The number of allylic oxidation sites excluding steroid dienone is 2. The molecule has 140 valence electrons. The standard InChI is InChI=1S/C25H23NO2/c1-26-22-14-20(17-8-3-2-4-9-17)16-24(28)25(22)23(27)15-19-12-7-11-18-10-5-6-13-21(18)19/h2-13,20,27H,14-16H2,1H3/b25-23-,26-22?. The van der Waals surface area contributed by atoms with Crippen molar-refractivity contribution in [1.82, 2.24) is 0 Å². The molecule has 0 spiro atoms. The predicted molar refractivity (Wildman–Crippen MR) is 114 cm³/mol. The van der Waals surface area contributed by atoms with E-state index in [4.69, 9.17) is 0 Å². The van der Waals surface area contributed by atoms with Crippen LogP contribution in [0.25, 0.3) is 10.8 Å². The normalized spacial score (nSPS) is 20.5. The summed E-state index contributed by atoms with van der Waals surface area (Å²) in [5.41, 5.74) is 3.26. The van der Waals surface area contributed by atoms with Gasteiger partial charge in [0.05, 0.1) is 5.57 Å². The molecule has 3 heteroatoms. The maximum Gasteiger partial charge on any atom is 0.168 e. The van der Waals surface area contributed by atoms with Crippen LogP contribution in [0.5, 0.6) is 0 Å². The molecule has 0 bridgehead atoms. The van der Waals surface area contributed by atoms with E-state index in [1.54, 1.807) is 7.05 Å². The zero-order valence-electron chi connectivity index (χ0n) is 15.9. The molecule has 1 saturated carbocycles. The first-order valence-corrected chi connectivity index (χ1v) is 9.60. The largest absolute Gasteiger partial charge is 0.511 e. The van der Waals surface area contributed by atoms with Crippen LogP contribution < -0.4 is 0 Å². The summed E-state index contributed by atoms with van der Waals surface area (Å²) in [6, 6.07) is 24.2. The fraction of sp³-hybridized carbons (Fsp3) is 0.200. The fourth-order valence-corrected chi connectivity index (χ4v) is 4.10. The van der Waals surface area contributed by atoms with Crippen molar-refractivity contribution < 1.29 is 9.90 Å². The van der Waals surface area contributed by atoms with Crippen molar-refractivity contribution in [2.75, 3.05) is 7.05 Å². The number of nitrogens with zero attached hydrogens (tertiary/aromatic N) is 1. The highest BCUT2D eigenvalue weighted by Crippen LogP contribution is 2.34. The lowest BCUT2D eigenvalue weighted by molar-refractivity contribution is -0.115. The third kappa shape index (κ3) is 3.48. The maximum atomic E-state index is 12.9. The Morgan fingerprint density at radius 3 is 2.46 bits per heavy atom. The van der Waals surface area contributed by atoms with E-state index in [0.29, 0.717) is 30.5 Å². The zero-order chi connectivity index (χ0) is 19.5. The summed E-state index contributed by atoms with van der Waals surface area (Å²) in [5, 5.41) is 13.1. The van der Waals surface area contributed by atoms with E-state index in [1.807, 2.05) is 48.5 Å². The molecule has 1 aliphatic carbocycles. The highest BCUT2D eigenvalue weighted by atomic mass is 16.3. The number of aliphatic hydroxyl groups is 1. The number of fused-ring (bicyclic) bond motifs is 1. The molecule has 28 heavy (non-hydrogen) atoms. The van der Waals surface area contributed by atoms with Crippen LogP contribution in [0, 0.1) is 0 Å². The van der Waals surface area contributed by atoms with Crippen LogP contribution in [-0.2, 0) is 11.2 Å². The lowest BCUT2D eigenvalue weighted by atomic mass is 9.78. The van der Waals surface area contributed by atoms with Crippen molar-refractivity contribution in [1.29, 1.82) is 0 Å². The van der Waals surface area contributed by atoms with Crippen LogP contribution in [0.3, 0.4) is 0 Å². The third-order valence-electron chi connectivity index (χ3n) is 5.51. The minimum atomic E-state index is -0.0292. The number of carbonyl (C=O) groups excluding carboxylic acids is 1. The van der Waals surface area contributed by atoms with Crippen molar-refractivity contribution in [3.8, 4) is 0 Å². The van der Waals surface area contributed by atoms with Gasteiger partial charge in [-0.25, -0.2) is 0 Å². The van der Waals surface area contributed by atoms with Gasteiger partial charge in [0.2, 0.25) is 0 Å². The summed E-state index contributed by atoms with van der Waals surface area (Å²) >= 11 is 0. The van der Waals surface area contributed by atoms with Gasteiger partial charge in [-0.05, 0) is 34.2 Å². The Morgan fingerprint density at radius 2 is 1.68 bits per heavy atom. The number of rotatable bonds is 3. The summed E-state index contributed by atoms with van der Waals surface area (Å²) in [6.45, 7) is 0. The van der Waals surface area contributed by atoms with Gasteiger partial charge in [-0.15, -0.1) is 0 Å². The Labute approximate surface area is 165 Å². The van der Waals surface area contributed by atoms with E-state index in [0.717, 1.165) is 21.9 Å². The molecule has 4 rings (SSSR count). The summed E-state index contributed by atoms with van der Waals surface area (Å²) in [5.74, 6) is 0.202. The molecule has 1 N–H and O–H groups in total. The summed E-state index contributed by atoms with van der Waals surface area (Å²) in [7, 11) is 1.70. The van der Waals surface area contributed by atoms with E-state index in [2.05, 4.69) is 29.3 Å². The van der Waals surface area contributed by atoms with Crippen LogP contribution >= 0.6 is 0 Å². The van der Waals surface area contributed by atoms with Crippen LogP contribution in [0.1, 0.15) is 29.9 Å². The van der Waals surface area contributed by atoms with Crippen LogP contribution in [0.4, 0.5) is 0 Å². The lowest BCUT2D eigenvalue weighted by Crippen LogP contribution is -2.27. The highest BCUT2D eigenvalue weighted by molar-refractivity contribution is 6.24. The number of hydrogen-bond donors (Lipinski definition) is 1. The first-order valence-electron chi connectivity index (χ1n) is 9.60. The molecule has 0 radical (unpaired) electrons. The lowest BCUT2D eigenvalue weighted by Gasteiger charge is -2.25. The number of Topliss-reactive ketones (excluding diaryl/α,β-unsaturated/α-hetero) is 1. The Kier molecular flexibility index (Phi) is 5.07. The Balaban J connectivity index is 1.67. The molecule has 0 aliphatic heterocycles. The summed E-state index contributed by atoms with van der Waals surface area (Å²) in [4.78, 5) is 17.3. The van der Waals surface area contributed by atoms with Gasteiger partial charge in [-0.3, -0.25) is 9.79 Å². The van der Waals surface area contributed by atoms with E-state index < -0.39 is 0 Å². The smallest absolute Gasteiger partial charge is 0.168 e. The second kappa shape index (κ2) is 7.81. The van der Waals surface area contributed by atoms with Gasteiger partial charge < -0.3 is 5.11 Å². The maximum absolute atomic E-state index is 12.9. The van der Waals surface area contributed by atoms with Crippen molar-refractivity contribution in [2.24, 2.45) is 4.99 Å². The van der Waals surface area contributed by atoms with Crippen LogP contribution in [0.15, 0.2) is 89.1 Å². The van der Waals surface area contributed by atoms with Gasteiger partial charge in [0.25, 0.3) is 0 Å². The number of benzene rings is 3. The quantitative estimate of drug-likeness (QED) is 0.495. The molecule has 1 fully saturated rings. The van der Waals surface area contributed by atoms with Gasteiger partial charge in [-0.2, -0.15) is 0 Å². The van der Waals surface area contributed by atoms with E-state index in [-0.39, 0.29) is 17.5 Å². The van der Waals surface area contributed by atoms with Gasteiger partial charge >= 0.3 is 0 Å². The first-order chi connectivity index (χ1) is 13.7. The monoisotopic (exact) mass is 369 g/mol. The topological polar surface area (TPSA) is 49.7 Å². The number of carbonyl (C=O) groups is 1. The van der Waals surface area contributed by atoms with E-state index in [1.165, 1.54) is 0 Å². The molecule has 1 atom stereocenters. The van der Waals surface area contributed by atoms with Crippen molar-refractivity contribution in [3.05, 3.63) is 95.3 Å². The molecule has 3 aromatic rings. The minimum Gasteiger partial charge on any atom is -0.511 e. The first kappa shape index (κ1) is 18.2. The highest BCUT2D eigenvalue weighted by Gasteiger charge is 2.32. The fourth-order valence-electron chi connectivity index (χ4n) is 4.10. The molecule has 1 unspecified atom stereocenters. The molecular weight excluding hydrogens is 346 g/mol. The van der Waals surface area contributed by atoms with Crippen molar-refractivity contribution in [2.45, 2.75) is 25.2 Å². The Morgan fingerprint density at radius 1 is 0.964 bits per heavy atom. The minimum absolute atomic E-state index is 0.0292. The number of aliphatic hydroxyl groups excluding tert-OH is 1. The van der Waals surface area contributed by atoms with Gasteiger partial charge in [0, 0.05) is 25.6 Å². The number of hydrogen-bond acceptors (Lipinski definition) is 3. The summed E-state index contributed by atoms with van der Waals surface area (Å²) in [6.07, 6.45) is 1.40. The third-order valence-corrected chi connectivity index (χ3v) is 5.51. The molecular formula is C25H23NO2. The molecule has 1 aliphatic rings. The molecule has 0 amide bonds. The van der Waals surface area contributed by atoms with Crippen molar-refractivity contribution in [3.63, 3.8) is 0 Å². The van der Waals surface area contributed by atoms with Crippen LogP contribution in [0.2, 0.25) is 0 Å². The Hall–Kier alpha value is -3.20. The SMILES string of the molecule is CN=C1CC(c2ccccc2)CC(=O)/C1=C(\O)Cc1cccc2ccccc12. The second-order valence-electron chi connectivity index (χ2n) is 7.25. The van der Waals surface area contributed by atoms with Crippen LogP contribution in [-0.4, -0.2) is 23.6 Å². The average Bonchev–Trinajstić information content (AvgIpc) is 2.74. The number of aliphatic imine (C=N–C) groups is 1. The molecule has 0 heterocycles. The average molecular weight is 369 g/mol. The number of ketones is 1. The summed E-state index contributed by atoms with van der Waals surface area (Å²) < 4.78 is 0. The van der Waals surface area contributed by atoms with Crippen molar-refractivity contribution >= 4 is 22.3 Å².